The fourth-order valence-electron chi connectivity index (χ4n) is 3.07. The van der Waals surface area contributed by atoms with Crippen LogP contribution in [-0.4, -0.2) is 48.2 Å². The molecule has 5 nitrogen and oxygen atoms in total. The lowest BCUT2D eigenvalue weighted by molar-refractivity contribution is 0.0693. The van der Waals surface area contributed by atoms with E-state index in [9.17, 15) is 14.0 Å². The van der Waals surface area contributed by atoms with Gasteiger partial charge < -0.3 is 14.7 Å². The van der Waals surface area contributed by atoms with Gasteiger partial charge in [-0.2, -0.15) is 0 Å². The van der Waals surface area contributed by atoms with Crippen LogP contribution in [0.5, 0.6) is 0 Å². The standard InChI is InChI=1S/C15H16FNO4/c16-12-7-10(14(19)20)1-2-11(12)13(18)17-5-3-15(8-17)4-6-21-9-15/h1-2,7H,3-6,8-9H2,(H,19,20). The van der Waals surface area contributed by atoms with Crippen molar-refractivity contribution in [2.45, 2.75) is 12.8 Å². The molecule has 1 spiro atoms. The molecule has 0 radical (unpaired) electrons. The highest BCUT2D eigenvalue weighted by molar-refractivity contribution is 5.96. The second kappa shape index (κ2) is 5.11. The van der Waals surface area contributed by atoms with Crippen molar-refractivity contribution in [1.29, 1.82) is 0 Å². The molecule has 1 N–H and O–H groups in total. The van der Waals surface area contributed by atoms with Gasteiger partial charge >= 0.3 is 5.97 Å². The summed E-state index contributed by atoms with van der Waals surface area (Å²) >= 11 is 0. The van der Waals surface area contributed by atoms with Gasteiger partial charge in [-0.15, -0.1) is 0 Å². The van der Waals surface area contributed by atoms with Crippen molar-refractivity contribution in [3.63, 3.8) is 0 Å². The molecule has 112 valence electrons. The Balaban J connectivity index is 1.78. The molecule has 1 amide bonds. The molecule has 1 unspecified atom stereocenters. The normalized spacial score (nSPS) is 24.7. The Hall–Kier alpha value is -1.95. The molecule has 2 fully saturated rings. The number of halogens is 1. The highest BCUT2D eigenvalue weighted by Gasteiger charge is 2.43. The number of carboxylic acid groups (broad SMARTS) is 1. The van der Waals surface area contributed by atoms with E-state index in [4.69, 9.17) is 9.84 Å². The Morgan fingerprint density at radius 3 is 2.76 bits per heavy atom. The summed E-state index contributed by atoms with van der Waals surface area (Å²) in [6.45, 7) is 2.52. The van der Waals surface area contributed by atoms with Crippen LogP contribution >= 0.6 is 0 Å². The average Bonchev–Trinajstić information content (AvgIpc) is 3.09. The Kier molecular flexibility index (Phi) is 3.41. The van der Waals surface area contributed by atoms with E-state index in [0.717, 1.165) is 18.9 Å². The van der Waals surface area contributed by atoms with E-state index in [-0.39, 0.29) is 22.4 Å². The van der Waals surface area contributed by atoms with Crippen molar-refractivity contribution in [3.8, 4) is 0 Å². The van der Waals surface area contributed by atoms with Gasteiger partial charge in [0.15, 0.2) is 0 Å². The number of nitrogens with zero attached hydrogens (tertiary/aromatic N) is 1. The summed E-state index contributed by atoms with van der Waals surface area (Å²) in [5.74, 6) is -2.38. The van der Waals surface area contributed by atoms with Gasteiger partial charge in [-0.1, -0.05) is 0 Å². The minimum atomic E-state index is -1.21. The molecule has 1 atom stereocenters. The Labute approximate surface area is 121 Å². The quantitative estimate of drug-likeness (QED) is 0.902. The maximum Gasteiger partial charge on any atom is 0.335 e. The van der Waals surface area contributed by atoms with Crippen LogP contribution in [0.15, 0.2) is 18.2 Å². The van der Waals surface area contributed by atoms with E-state index >= 15 is 0 Å². The molecule has 6 heteroatoms. The van der Waals surface area contributed by atoms with Gasteiger partial charge in [-0.25, -0.2) is 9.18 Å². The van der Waals surface area contributed by atoms with Crippen LogP contribution in [0.2, 0.25) is 0 Å². The molecule has 0 aliphatic carbocycles. The van der Waals surface area contributed by atoms with Gasteiger partial charge in [0, 0.05) is 25.1 Å². The molecule has 0 saturated carbocycles. The molecule has 21 heavy (non-hydrogen) atoms. The van der Waals surface area contributed by atoms with Crippen molar-refractivity contribution < 1.29 is 23.8 Å². The SMILES string of the molecule is O=C(O)c1ccc(C(=O)N2CCC3(CCOC3)C2)c(F)c1. The second-order valence-corrected chi connectivity index (χ2v) is 5.78. The first-order chi connectivity index (χ1) is 10.0. The summed E-state index contributed by atoms with van der Waals surface area (Å²) < 4.78 is 19.4. The van der Waals surface area contributed by atoms with Gasteiger partial charge in [0.25, 0.3) is 5.91 Å². The van der Waals surface area contributed by atoms with Gasteiger partial charge in [-0.3, -0.25) is 4.79 Å². The zero-order valence-corrected chi connectivity index (χ0v) is 11.5. The van der Waals surface area contributed by atoms with Crippen molar-refractivity contribution >= 4 is 11.9 Å². The number of aromatic carboxylic acids is 1. The number of amides is 1. The predicted molar refractivity (Wildman–Crippen MR) is 71.7 cm³/mol. The number of carbonyl (C=O) groups excluding carboxylic acids is 1. The monoisotopic (exact) mass is 293 g/mol. The van der Waals surface area contributed by atoms with E-state index in [1.54, 1.807) is 4.90 Å². The Morgan fingerprint density at radius 2 is 2.14 bits per heavy atom. The van der Waals surface area contributed by atoms with E-state index in [1.807, 2.05) is 0 Å². The smallest absolute Gasteiger partial charge is 0.335 e. The molecule has 3 rings (SSSR count). The largest absolute Gasteiger partial charge is 0.478 e. The average molecular weight is 293 g/mol. The molecular formula is C15H16FNO4. The van der Waals surface area contributed by atoms with Crippen LogP contribution in [0.3, 0.4) is 0 Å². The van der Waals surface area contributed by atoms with Gasteiger partial charge in [0.1, 0.15) is 5.82 Å². The number of likely N-dealkylation sites (tertiary alicyclic amines) is 1. The Bertz CT molecular complexity index is 595. The number of benzene rings is 1. The van der Waals surface area contributed by atoms with Crippen molar-refractivity contribution in [2.24, 2.45) is 5.41 Å². The molecule has 2 aliphatic rings. The van der Waals surface area contributed by atoms with Gasteiger partial charge in [0.2, 0.25) is 0 Å². The fraction of sp³-hybridized carbons (Fsp3) is 0.467. The van der Waals surface area contributed by atoms with Crippen LogP contribution in [0.1, 0.15) is 33.6 Å². The minimum absolute atomic E-state index is 0.0210. The van der Waals surface area contributed by atoms with Crippen LogP contribution in [0.25, 0.3) is 0 Å². The van der Waals surface area contributed by atoms with Crippen LogP contribution in [-0.2, 0) is 4.74 Å². The van der Waals surface area contributed by atoms with Crippen LogP contribution < -0.4 is 0 Å². The van der Waals surface area contributed by atoms with Crippen molar-refractivity contribution in [3.05, 3.63) is 35.1 Å². The van der Waals surface area contributed by atoms with Crippen molar-refractivity contribution in [2.75, 3.05) is 26.3 Å². The Morgan fingerprint density at radius 1 is 1.33 bits per heavy atom. The molecule has 2 aliphatic heterocycles. The minimum Gasteiger partial charge on any atom is -0.478 e. The molecule has 0 bridgehead atoms. The summed E-state index contributed by atoms with van der Waals surface area (Å²) in [6.07, 6.45) is 1.80. The molecule has 1 aromatic rings. The number of carboxylic acids is 1. The van der Waals surface area contributed by atoms with Gasteiger partial charge in [-0.05, 0) is 31.0 Å². The second-order valence-electron chi connectivity index (χ2n) is 5.78. The summed E-state index contributed by atoms with van der Waals surface area (Å²) in [7, 11) is 0. The first-order valence-electron chi connectivity index (χ1n) is 6.91. The number of hydrogen-bond acceptors (Lipinski definition) is 3. The molecule has 0 aromatic heterocycles. The molecular weight excluding hydrogens is 277 g/mol. The lowest BCUT2D eigenvalue weighted by Crippen LogP contribution is -2.33. The molecule has 2 heterocycles. The predicted octanol–water partition coefficient (Wildman–Crippen LogP) is 1.78. The van der Waals surface area contributed by atoms with Gasteiger partial charge in [0.05, 0.1) is 17.7 Å². The summed E-state index contributed by atoms with van der Waals surface area (Å²) in [5, 5.41) is 8.81. The number of ether oxygens (including phenoxy) is 1. The summed E-state index contributed by atoms with van der Waals surface area (Å²) in [4.78, 5) is 24.8. The third-order valence-electron chi connectivity index (χ3n) is 4.36. The number of rotatable bonds is 2. The number of hydrogen-bond donors (Lipinski definition) is 1. The lowest BCUT2D eigenvalue weighted by Gasteiger charge is -2.22. The third kappa shape index (κ3) is 2.51. The zero-order valence-electron chi connectivity index (χ0n) is 11.5. The fourth-order valence-corrected chi connectivity index (χ4v) is 3.07. The van der Waals surface area contributed by atoms with E-state index in [2.05, 4.69) is 0 Å². The van der Waals surface area contributed by atoms with E-state index in [1.165, 1.54) is 12.1 Å². The third-order valence-corrected chi connectivity index (χ3v) is 4.36. The first-order valence-corrected chi connectivity index (χ1v) is 6.91. The maximum absolute atomic E-state index is 13.9. The topological polar surface area (TPSA) is 66.8 Å². The van der Waals surface area contributed by atoms with E-state index < -0.39 is 11.8 Å². The van der Waals surface area contributed by atoms with Crippen molar-refractivity contribution in [1.82, 2.24) is 4.90 Å². The summed E-state index contributed by atoms with van der Waals surface area (Å²) in [5.41, 5.74) is -0.213. The number of carbonyl (C=O) groups is 2. The van der Waals surface area contributed by atoms with Crippen LogP contribution in [0, 0.1) is 11.2 Å². The highest BCUT2D eigenvalue weighted by Crippen LogP contribution is 2.38. The van der Waals surface area contributed by atoms with Crippen LogP contribution in [0.4, 0.5) is 4.39 Å². The molecule has 2 saturated heterocycles. The first kappa shape index (κ1) is 14.0. The van der Waals surface area contributed by atoms with E-state index in [0.29, 0.717) is 26.3 Å². The summed E-state index contributed by atoms with van der Waals surface area (Å²) in [6, 6.07) is 3.39. The molecule has 1 aromatic carbocycles. The lowest BCUT2D eigenvalue weighted by atomic mass is 9.87. The zero-order chi connectivity index (χ0) is 15.0. The highest BCUT2D eigenvalue weighted by atomic mass is 19.1. The maximum atomic E-state index is 13.9.